The molecule has 1 amide bonds. The number of ether oxygens (including phenoxy) is 2. The third-order valence-electron chi connectivity index (χ3n) is 5.47. The maximum absolute atomic E-state index is 12.8. The Hall–Kier alpha value is -4.13. The van der Waals surface area contributed by atoms with Gasteiger partial charge in [-0.25, -0.2) is 4.98 Å². The molecule has 0 unspecified atom stereocenters. The summed E-state index contributed by atoms with van der Waals surface area (Å²) in [5.74, 6) is 1.98. The lowest BCUT2D eigenvalue weighted by Crippen LogP contribution is -2.23. The minimum Gasteiger partial charge on any atom is -0.489 e. The van der Waals surface area contributed by atoms with E-state index in [1.165, 1.54) is 11.3 Å². The van der Waals surface area contributed by atoms with Crippen LogP contribution >= 0.6 is 22.9 Å². The molecule has 5 nitrogen and oxygen atoms in total. The number of nitrogens with zero attached hydrogens (tertiary/aromatic N) is 1. The molecule has 0 bridgehead atoms. The molecule has 1 aromatic heterocycles. The fraction of sp³-hybridized carbons (Fsp3) is 0.0667. The van der Waals surface area contributed by atoms with Crippen LogP contribution in [0.1, 0.15) is 21.6 Å². The van der Waals surface area contributed by atoms with E-state index >= 15 is 0 Å². The monoisotopic (exact) mass is 526 g/mol. The zero-order valence-corrected chi connectivity index (χ0v) is 21.3. The molecule has 37 heavy (non-hydrogen) atoms. The smallest absolute Gasteiger partial charge is 0.271 e. The van der Waals surface area contributed by atoms with E-state index in [2.05, 4.69) is 10.3 Å². The van der Waals surface area contributed by atoms with Gasteiger partial charge in [-0.05, 0) is 59.7 Å². The number of amides is 1. The van der Waals surface area contributed by atoms with Crippen molar-refractivity contribution in [3.05, 3.63) is 130 Å². The zero-order chi connectivity index (χ0) is 25.5. The van der Waals surface area contributed by atoms with Crippen molar-refractivity contribution in [2.45, 2.75) is 13.2 Å². The molecule has 0 aliphatic rings. The quantitative estimate of drug-likeness (QED) is 0.213. The van der Waals surface area contributed by atoms with Crippen molar-refractivity contribution in [2.24, 2.45) is 0 Å². The molecule has 0 radical (unpaired) electrons. The van der Waals surface area contributed by atoms with Crippen LogP contribution in [0.15, 0.2) is 109 Å². The fourth-order valence-electron chi connectivity index (χ4n) is 3.59. The summed E-state index contributed by atoms with van der Waals surface area (Å²) < 4.78 is 11.8. The Morgan fingerprint density at radius 3 is 2.41 bits per heavy atom. The number of hydrogen-bond donors (Lipinski definition) is 1. The van der Waals surface area contributed by atoms with Gasteiger partial charge in [0.05, 0.1) is 0 Å². The van der Waals surface area contributed by atoms with Gasteiger partial charge in [0.2, 0.25) is 0 Å². The van der Waals surface area contributed by atoms with Gasteiger partial charge in [0.15, 0.2) is 0 Å². The van der Waals surface area contributed by atoms with Gasteiger partial charge in [-0.3, -0.25) is 4.79 Å². The summed E-state index contributed by atoms with van der Waals surface area (Å²) in [7, 11) is 0. The number of thiazole rings is 1. The lowest BCUT2D eigenvalue weighted by molar-refractivity contribution is 0.0946. The fourth-order valence-corrected chi connectivity index (χ4v) is 4.52. The Kier molecular flexibility index (Phi) is 7.79. The highest BCUT2D eigenvalue weighted by Gasteiger charge is 2.13. The average Bonchev–Trinajstić information content (AvgIpc) is 3.43. The summed E-state index contributed by atoms with van der Waals surface area (Å²) in [6.07, 6.45) is 0. The number of para-hydroxylation sites is 1. The topological polar surface area (TPSA) is 60.5 Å². The molecule has 5 aromatic rings. The summed E-state index contributed by atoms with van der Waals surface area (Å²) in [6, 6.07) is 32.5. The van der Waals surface area contributed by atoms with Crippen LogP contribution in [0.2, 0.25) is 5.02 Å². The molecule has 5 rings (SSSR count). The number of carbonyl (C=O) groups excluding carboxylic acids is 1. The molecule has 0 atom stereocenters. The first-order valence-corrected chi connectivity index (χ1v) is 12.9. The van der Waals surface area contributed by atoms with E-state index < -0.39 is 0 Å². The summed E-state index contributed by atoms with van der Waals surface area (Å²) in [5.41, 5.74) is 3.23. The summed E-state index contributed by atoms with van der Waals surface area (Å²) >= 11 is 7.36. The zero-order valence-electron chi connectivity index (χ0n) is 19.8. The number of carbonyl (C=O) groups is 1. The Bertz CT molecular complexity index is 1490. The molecule has 0 spiro atoms. The van der Waals surface area contributed by atoms with Gasteiger partial charge in [0.1, 0.15) is 34.6 Å². The first-order valence-electron chi connectivity index (χ1n) is 11.7. The molecule has 0 saturated heterocycles. The third-order valence-corrected chi connectivity index (χ3v) is 6.61. The molecular weight excluding hydrogens is 504 g/mol. The van der Waals surface area contributed by atoms with Gasteiger partial charge >= 0.3 is 0 Å². The molecule has 0 fully saturated rings. The first-order chi connectivity index (χ1) is 18.1. The van der Waals surface area contributed by atoms with Crippen LogP contribution in [0.3, 0.4) is 0 Å². The normalized spacial score (nSPS) is 10.6. The van der Waals surface area contributed by atoms with Crippen LogP contribution in [0.5, 0.6) is 17.2 Å². The molecule has 184 valence electrons. The van der Waals surface area contributed by atoms with Crippen LogP contribution in [-0.4, -0.2) is 10.9 Å². The molecule has 4 aromatic carbocycles. The highest BCUT2D eigenvalue weighted by atomic mass is 35.5. The lowest BCUT2D eigenvalue weighted by atomic mass is 10.2. The van der Waals surface area contributed by atoms with E-state index in [1.54, 1.807) is 5.38 Å². The second-order valence-electron chi connectivity index (χ2n) is 8.23. The highest BCUT2D eigenvalue weighted by molar-refractivity contribution is 7.13. The Balaban J connectivity index is 1.18. The maximum Gasteiger partial charge on any atom is 0.271 e. The van der Waals surface area contributed by atoms with Crippen LogP contribution in [0, 0.1) is 0 Å². The van der Waals surface area contributed by atoms with Crippen LogP contribution in [-0.2, 0) is 13.2 Å². The van der Waals surface area contributed by atoms with Crippen molar-refractivity contribution in [3.8, 4) is 27.8 Å². The van der Waals surface area contributed by atoms with Crippen molar-refractivity contribution in [1.82, 2.24) is 10.3 Å². The molecule has 0 aliphatic heterocycles. The van der Waals surface area contributed by atoms with Crippen molar-refractivity contribution in [3.63, 3.8) is 0 Å². The van der Waals surface area contributed by atoms with Gasteiger partial charge in [0.25, 0.3) is 5.91 Å². The standard InChI is InChI=1S/C30H23ClN2O3S/c31-24-14-12-21(13-15-24)19-35-26-10-5-7-23(17-26)30-33-28(20-37-30)29(34)32-18-22-6-4-11-27(16-22)36-25-8-2-1-3-9-25/h1-17,20H,18-19H2,(H,32,34). The SMILES string of the molecule is O=C(NCc1cccc(Oc2ccccc2)c1)c1csc(-c2cccc(OCc3ccc(Cl)cc3)c2)n1. The van der Waals surface area contributed by atoms with Crippen LogP contribution in [0.25, 0.3) is 10.6 Å². The predicted molar refractivity (Wildman–Crippen MR) is 147 cm³/mol. The van der Waals surface area contributed by atoms with E-state index in [4.69, 9.17) is 21.1 Å². The Morgan fingerprint density at radius 2 is 1.57 bits per heavy atom. The van der Waals surface area contributed by atoms with Crippen molar-refractivity contribution < 1.29 is 14.3 Å². The number of aromatic nitrogens is 1. The van der Waals surface area contributed by atoms with Crippen molar-refractivity contribution >= 4 is 28.8 Å². The third kappa shape index (κ3) is 6.76. The number of benzene rings is 4. The number of rotatable bonds is 9. The van der Waals surface area contributed by atoms with Gasteiger partial charge in [0, 0.05) is 22.5 Å². The molecule has 0 saturated carbocycles. The van der Waals surface area contributed by atoms with E-state index in [-0.39, 0.29) is 5.91 Å². The largest absolute Gasteiger partial charge is 0.489 e. The number of hydrogen-bond acceptors (Lipinski definition) is 5. The summed E-state index contributed by atoms with van der Waals surface area (Å²) in [6.45, 7) is 0.801. The van der Waals surface area contributed by atoms with E-state index in [0.29, 0.717) is 29.6 Å². The molecular formula is C30H23ClN2O3S. The second-order valence-corrected chi connectivity index (χ2v) is 9.52. The van der Waals surface area contributed by atoms with Gasteiger partial charge in [-0.2, -0.15) is 0 Å². The summed E-state index contributed by atoms with van der Waals surface area (Å²) in [5, 5.41) is 6.15. The molecule has 1 heterocycles. The summed E-state index contributed by atoms with van der Waals surface area (Å²) in [4.78, 5) is 17.3. The van der Waals surface area contributed by atoms with E-state index in [9.17, 15) is 4.79 Å². The minimum absolute atomic E-state index is 0.230. The van der Waals surface area contributed by atoms with E-state index in [1.807, 2.05) is 103 Å². The maximum atomic E-state index is 12.8. The van der Waals surface area contributed by atoms with Gasteiger partial charge in [-0.1, -0.05) is 66.2 Å². The van der Waals surface area contributed by atoms with Gasteiger partial charge in [-0.15, -0.1) is 11.3 Å². The molecule has 1 N–H and O–H groups in total. The Morgan fingerprint density at radius 1 is 0.811 bits per heavy atom. The van der Waals surface area contributed by atoms with Crippen LogP contribution < -0.4 is 14.8 Å². The Labute approximate surface area is 224 Å². The first kappa shape index (κ1) is 24.6. The number of nitrogens with one attached hydrogen (secondary N) is 1. The minimum atomic E-state index is -0.230. The van der Waals surface area contributed by atoms with Crippen molar-refractivity contribution in [2.75, 3.05) is 0 Å². The second kappa shape index (κ2) is 11.7. The predicted octanol–water partition coefficient (Wildman–Crippen LogP) is 7.76. The lowest BCUT2D eigenvalue weighted by Gasteiger charge is -2.08. The highest BCUT2D eigenvalue weighted by Crippen LogP contribution is 2.28. The average molecular weight is 527 g/mol. The number of halogens is 1. The van der Waals surface area contributed by atoms with Crippen molar-refractivity contribution in [1.29, 1.82) is 0 Å². The van der Waals surface area contributed by atoms with Gasteiger partial charge < -0.3 is 14.8 Å². The van der Waals surface area contributed by atoms with Crippen LogP contribution in [0.4, 0.5) is 0 Å². The molecule has 0 aliphatic carbocycles. The molecule has 7 heteroatoms. The van der Waals surface area contributed by atoms with E-state index in [0.717, 1.165) is 33.2 Å².